The highest BCUT2D eigenvalue weighted by atomic mass is 16.5. The number of aryl methyl sites for hydroxylation is 3. The van der Waals surface area contributed by atoms with Crippen LogP contribution in [-0.2, 0) is 24.0 Å². The van der Waals surface area contributed by atoms with Crippen LogP contribution in [0.25, 0.3) is 0 Å². The molecule has 1 aliphatic rings. The molecule has 0 N–H and O–H groups in total. The van der Waals surface area contributed by atoms with Gasteiger partial charge in [0.25, 0.3) is 0 Å². The van der Waals surface area contributed by atoms with Crippen LogP contribution in [0.3, 0.4) is 0 Å². The molecule has 2 aromatic rings. The minimum absolute atomic E-state index is 0.323. The quantitative estimate of drug-likeness (QED) is 0.817. The van der Waals surface area contributed by atoms with Gasteiger partial charge in [0.15, 0.2) is 5.82 Å². The number of ether oxygens (including phenoxy) is 1. The molecule has 0 amide bonds. The first kappa shape index (κ1) is 14.3. The van der Waals surface area contributed by atoms with Gasteiger partial charge in [0.1, 0.15) is 0 Å². The van der Waals surface area contributed by atoms with Gasteiger partial charge in [-0.25, -0.2) is 0 Å². The second-order valence-electron chi connectivity index (χ2n) is 5.63. The number of rotatable bonds is 6. The molecule has 21 heavy (non-hydrogen) atoms. The van der Waals surface area contributed by atoms with E-state index in [1.165, 1.54) is 11.1 Å². The van der Waals surface area contributed by atoms with Crippen molar-refractivity contribution >= 4 is 0 Å². The van der Waals surface area contributed by atoms with Gasteiger partial charge >= 0.3 is 0 Å². The number of hydrogen-bond acceptors (Lipinski definition) is 4. The highest BCUT2D eigenvalue weighted by Gasteiger charge is 2.22. The first-order valence-corrected chi connectivity index (χ1v) is 7.83. The highest BCUT2D eigenvalue weighted by molar-refractivity contribution is 5.22. The number of nitrogens with zero attached hydrogens (tertiary/aromatic N) is 2. The Morgan fingerprint density at radius 3 is 2.67 bits per heavy atom. The van der Waals surface area contributed by atoms with Crippen molar-refractivity contribution in [3.8, 4) is 0 Å². The maximum absolute atomic E-state index is 5.36. The van der Waals surface area contributed by atoms with Crippen LogP contribution < -0.4 is 0 Å². The van der Waals surface area contributed by atoms with Gasteiger partial charge in [-0.1, -0.05) is 36.3 Å². The molecular formula is C17H22N2O2. The maximum atomic E-state index is 5.36. The second-order valence-corrected chi connectivity index (χ2v) is 5.63. The standard InChI is InChI=1S/C17H22N2O2/c1-2-13-6-8-14(9-7-13)4-3-5-16-18-17(19-21-16)15-10-11-20-12-15/h6-9,15H,2-5,10-12H2,1H3. The lowest BCUT2D eigenvalue weighted by atomic mass is 10.1. The number of benzene rings is 1. The lowest BCUT2D eigenvalue weighted by Gasteiger charge is -2.01. The van der Waals surface area contributed by atoms with Crippen molar-refractivity contribution in [1.29, 1.82) is 0 Å². The summed E-state index contributed by atoms with van der Waals surface area (Å²) in [5.74, 6) is 1.89. The Labute approximate surface area is 125 Å². The monoisotopic (exact) mass is 286 g/mol. The van der Waals surface area contributed by atoms with E-state index in [4.69, 9.17) is 9.26 Å². The highest BCUT2D eigenvalue weighted by Crippen LogP contribution is 2.22. The van der Waals surface area contributed by atoms with Crippen molar-refractivity contribution in [1.82, 2.24) is 10.1 Å². The zero-order chi connectivity index (χ0) is 14.5. The third kappa shape index (κ3) is 3.70. The van der Waals surface area contributed by atoms with Crippen molar-refractivity contribution in [3.05, 3.63) is 47.1 Å². The van der Waals surface area contributed by atoms with Crippen LogP contribution in [0.1, 0.15) is 48.5 Å². The van der Waals surface area contributed by atoms with Gasteiger partial charge in [0.05, 0.1) is 6.61 Å². The molecule has 2 heterocycles. The molecule has 1 aliphatic heterocycles. The summed E-state index contributed by atoms with van der Waals surface area (Å²) < 4.78 is 10.7. The van der Waals surface area contributed by atoms with Gasteiger partial charge < -0.3 is 9.26 Å². The van der Waals surface area contributed by atoms with Gasteiger partial charge in [0.2, 0.25) is 5.89 Å². The van der Waals surface area contributed by atoms with E-state index in [0.29, 0.717) is 5.92 Å². The van der Waals surface area contributed by atoms with E-state index in [0.717, 1.165) is 57.0 Å². The second kappa shape index (κ2) is 6.85. The Hall–Kier alpha value is -1.68. The molecule has 1 fully saturated rings. The van der Waals surface area contributed by atoms with E-state index in [1.54, 1.807) is 0 Å². The van der Waals surface area contributed by atoms with Crippen molar-refractivity contribution < 1.29 is 9.26 Å². The predicted octanol–water partition coefficient (Wildman–Crippen LogP) is 3.31. The zero-order valence-electron chi connectivity index (χ0n) is 12.5. The molecular weight excluding hydrogens is 264 g/mol. The molecule has 3 rings (SSSR count). The summed E-state index contributed by atoms with van der Waals surface area (Å²) in [6.07, 6.45) is 5.03. The normalized spacial score (nSPS) is 18.2. The summed E-state index contributed by atoms with van der Waals surface area (Å²) >= 11 is 0. The van der Waals surface area contributed by atoms with E-state index in [-0.39, 0.29) is 0 Å². The summed E-state index contributed by atoms with van der Waals surface area (Å²) in [7, 11) is 0. The summed E-state index contributed by atoms with van der Waals surface area (Å²) in [5, 5.41) is 4.08. The van der Waals surface area contributed by atoms with E-state index in [2.05, 4.69) is 41.3 Å². The van der Waals surface area contributed by atoms with Gasteiger partial charge in [-0.2, -0.15) is 4.98 Å². The molecule has 4 nitrogen and oxygen atoms in total. The summed E-state index contributed by atoms with van der Waals surface area (Å²) in [4.78, 5) is 4.49. The minimum atomic E-state index is 0.323. The molecule has 4 heteroatoms. The van der Waals surface area contributed by atoms with E-state index < -0.39 is 0 Å². The minimum Gasteiger partial charge on any atom is -0.381 e. The molecule has 1 atom stereocenters. The average Bonchev–Trinajstić information content (AvgIpc) is 3.19. The molecule has 1 aromatic carbocycles. The smallest absolute Gasteiger partial charge is 0.226 e. The third-order valence-electron chi connectivity index (χ3n) is 4.07. The Kier molecular flexibility index (Phi) is 4.65. The largest absolute Gasteiger partial charge is 0.381 e. The zero-order valence-corrected chi connectivity index (χ0v) is 12.5. The summed E-state index contributed by atoms with van der Waals surface area (Å²) in [5.41, 5.74) is 2.76. The van der Waals surface area contributed by atoms with E-state index >= 15 is 0 Å². The lowest BCUT2D eigenvalue weighted by Crippen LogP contribution is -2.00. The molecule has 0 radical (unpaired) electrons. The summed E-state index contributed by atoms with van der Waals surface area (Å²) in [6.45, 7) is 3.71. The number of hydrogen-bond donors (Lipinski definition) is 0. The lowest BCUT2D eigenvalue weighted by molar-refractivity contribution is 0.192. The third-order valence-corrected chi connectivity index (χ3v) is 4.07. The Morgan fingerprint density at radius 2 is 1.95 bits per heavy atom. The van der Waals surface area contributed by atoms with Gasteiger partial charge in [-0.05, 0) is 36.8 Å². The van der Waals surface area contributed by atoms with E-state index in [9.17, 15) is 0 Å². The maximum Gasteiger partial charge on any atom is 0.226 e. The van der Waals surface area contributed by atoms with Crippen LogP contribution >= 0.6 is 0 Å². The molecule has 0 saturated carbocycles. The Bertz CT molecular complexity index is 556. The molecule has 0 aliphatic carbocycles. The fraction of sp³-hybridized carbons (Fsp3) is 0.529. The van der Waals surface area contributed by atoms with E-state index in [1.807, 2.05) is 0 Å². The topological polar surface area (TPSA) is 48.2 Å². The van der Waals surface area contributed by atoms with Crippen LogP contribution in [0, 0.1) is 0 Å². The van der Waals surface area contributed by atoms with Crippen molar-refractivity contribution in [2.75, 3.05) is 13.2 Å². The SMILES string of the molecule is CCc1ccc(CCCc2nc(C3CCOC3)no2)cc1. The van der Waals surface area contributed by atoms with Gasteiger partial charge in [0, 0.05) is 18.9 Å². The number of aromatic nitrogens is 2. The van der Waals surface area contributed by atoms with Crippen LogP contribution in [0.5, 0.6) is 0 Å². The molecule has 112 valence electrons. The van der Waals surface area contributed by atoms with Crippen LogP contribution in [0.15, 0.2) is 28.8 Å². The first-order chi connectivity index (χ1) is 10.3. The molecule has 0 spiro atoms. The first-order valence-electron chi connectivity index (χ1n) is 7.83. The van der Waals surface area contributed by atoms with Crippen LogP contribution in [-0.4, -0.2) is 23.4 Å². The van der Waals surface area contributed by atoms with Crippen molar-refractivity contribution in [2.45, 2.75) is 44.9 Å². The van der Waals surface area contributed by atoms with Gasteiger partial charge in [-0.15, -0.1) is 0 Å². The molecule has 1 aromatic heterocycles. The molecule has 0 bridgehead atoms. The van der Waals surface area contributed by atoms with Gasteiger partial charge in [-0.3, -0.25) is 0 Å². The van der Waals surface area contributed by atoms with Crippen molar-refractivity contribution in [3.63, 3.8) is 0 Å². The average molecular weight is 286 g/mol. The fourth-order valence-electron chi connectivity index (χ4n) is 2.66. The molecule has 1 unspecified atom stereocenters. The molecule has 1 saturated heterocycles. The van der Waals surface area contributed by atoms with Crippen LogP contribution in [0.2, 0.25) is 0 Å². The van der Waals surface area contributed by atoms with Crippen molar-refractivity contribution in [2.24, 2.45) is 0 Å². The Morgan fingerprint density at radius 1 is 1.14 bits per heavy atom. The Balaban J connectivity index is 1.48. The fourth-order valence-corrected chi connectivity index (χ4v) is 2.66. The summed E-state index contributed by atoms with van der Waals surface area (Å²) in [6, 6.07) is 8.85. The predicted molar refractivity (Wildman–Crippen MR) is 80.3 cm³/mol. The van der Waals surface area contributed by atoms with Crippen LogP contribution in [0.4, 0.5) is 0 Å².